The first-order valence-electron chi connectivity index (χ1n) is 7.36. The van der Waals surface area contributed by atoms with E-state index < -0.39 is 0 Å². The lowest BCUT2D eigenvalue weighted by Gasteiger charge is -2.19. The van der Waals surface area contributed by atoms with Crippen LogP contribution in [0.2, 0.25) is 0 Å². The normalized spacial score (nSPS) is 13.8. The lowest BCUT2D eigenvalue weighted by atomic mass is 9.98. The van der Waals surface area contributed by atoms with Gasteiger partial charge in [0.1, 0.15) is 5.75 Å². The first-order chi connectivity index (χ1) is 9.72. The Morgan fingerprint density at radius 2 is 1.90 bits per heavy atom. The fraction of sp³-hybridized carbons (Fsp3) is 0.333. The molecule has 0 saturated carbocycles. The molecule has 2 aromatic rings. The summed E-state index contributed by atoms with van der Waals surface area (Å²) >= 11 is 0. The second-order valence-corrected chi connectivity index (χ2v) is 5.60. The van der Waals surface area contributed by atoms with Crippen molar-refractivity contribution in [3.8, 4) is 16.9 Å². The zero-order chi connectivity index (χ0) is 13.9. The predicted molar refractivity (Wildman–Crippen MR) is 84.5 cm³/mol. The van der Waals surface area contributed by atoms with Gasteiger partial charge in [-0.15, -0.1) is 0 Å². The highest BCUT2D eigenvalue weighted by Crippen LogP contribution is 2.30. The summed E-state index contributed by atoms with van der Waals surface area (Å²) in [5.74, 6) is 0.933. The van der Waals surface area contributed by atoms with Gasteiger partial charge in [-0.05, 0) is 61.6 Å². The average Bonchev–Trinajstić information content (AvgIpc) is 2.46. The van der Waals surface area contributed by atoms with Gasteiger partial charge in [0.25, 0.3) is 0 Å². The van der Waals surface area contributed by atoms with Gasteiger partial charge in [0.2, 0.25) is 0 Å². The van der Waals surface area contributed by atoms with E-state index in [-0.39, 0.29) is 6.10 Å². The van der Waals surface area contributed by atoms with Gasteiger partial charge < -0.3 is 10.1 Å². The highest BCUT2D eigenvalue weighted by Gasteiger charge is 2.10. The Balaban J connectivity index is 1.92. The molecule has 2 heteroatoms. The summed E-state index contributed by atoms with van der Waals surface area (Å²) < 4.78 is 5.77. The molecule has 1 heterocycles. The van der Waals surface area contributed by atoms with E-state index in [9.17, 15) is 0 Å². The van der Waals surface area contributed by atoms with Crippen LogP contribution < -0.4 is 10.1 Å². The summed E-state index contributed by atoms with van der Waals surface area (Å²) in [5, 5.41) is 3.49. The summed E-state index contributed by atoms with van der Waals surface area (Å²) in [4.78, 5) is 0. The Morgan fingerprint density at radius 1 is 1.05 bits per heavy atom. The van der Waals surface area contributed by atoms with Crippen molar-refractivity contribution in [2.24, 2.45) is 0 Å². The molecule has 0 aliphatic carbocycles. The van der Waals surface area contributed by atoms with Gasteiger partial charge in [0.15, 0.2) is 0 Å². The summed E-state index contributed by atoms with van der Waals surface area (Å²) in [6, 6.07) is 15.0. The zero-order valence-corrected chi connectivity index (χ0v) is 12.1. The molecule has 3 rings (SSSR count). The largest absolute Gasteiger partial charge is 0.491 e. The van der Waals surface area contributed by atoms with Crippen LogP contribution in [-0.2, 0) is 6.42 Å². The minimum Gasteiger partial charge on any atom is -0.491 e. The minimum atomic E-state index is 0.204. The van der Waals surface area contributed by atoms with E-state index in [1.54, 1.807) is 0 Å². The maximum Gasteiger partial charge on any atom is 0.120 e. The van der Waals surface area contributed by atoms with E-state index in [0.717, 1.165) is 12.3 Å². The molecule has 0 bridgehead atoms. The molecular formula is C18H21NO. The SMILES string of the molecule is CC(C)Oc1cccc(-c2ccc3c(c2)NCCC3)c1. The summed E-state index contributed by atoms with van der Waals surface area (Å²) in [6.45, 7) is 5.18. The van der Waals surface area contributed by atoms with Crippen molar-refractivity contribution in [2.45, 2.75) is 32.8 Å². The number of fused-ring (bicyclic) bond motifs is 1. The third-order valence-electron chi connectivity index (χ3n) is 3.59. The molecular weight excluding hydrogens is 246 g/mol. The van der Waals surface area contributed by atoms with Gasteiger partial charge >= 0.3 is 0 Å². The van der Waals surface area contributed by atoms with Crippen molar-refractivity contribution in [3.63, 3.8) is 0 Å². The Hall–Kier alpha value is -1.96. The molecule has 2 nitrogen and oxygen atoms in total. The summed E-state index contributed by atoms with van der Waals surface area (Å²) in [7, 11) is 0. The molecule has 2 aromatic carbocycles. The Morgan fingerprint density at radius 3 is 2.75 bits per heavy atom. The first-order valence-corrected chi connectivity index (χ1v) is 7.36. The molecule has 0 unspecified atom stereocenters. The van der Waals surface area contributed by atoms with Crippen molar-refractivity contribution in [3.05, 3.63) is 48.0 Å². The molecule has 1 aliphatic rings. The van der Waals surface area contributed by atoms with E-state index in [4.69, 9.17) is 4.74 Å². The summed E-state index contributed by atoms with van der Waals surface area (Å²) in [6.07, 6.45) is 2.61. The number of hydrogen-bond donors (Lipinski definition) is 1. The fourth-order valence-electron chi connectivity index (χ4n) is 2.66. The molecule has 0 spiro atoms. The number of benzene rings is 2. The van der Waals surface area contributed by atoms with Gasteiger partial charge in [-0.1, -0.05) is 24.3 Å². The van der Waals surface area contributed by atoms with Crippen molar-refractivity contribution in [1.82, 2.24) is 0 Å². The smallest absolute Gasteiger partial charge is 0.120 e. The van der Waals surface area contributed by atoms with E-state index in [1.165, 1.54) is 35.2 Å². The Kier molecular flexibility index (Phi) is 3.64. The lowest BCUT2D eigenvalue weighted by Crippen LogP contribution is -2.11. The van der Waals surface area contributed by atoms with Gasteiger partial charge in [-0.25, -0.2) is 0 Å². The molecule has 1 N–H and O–H groups in total. The molecule has 0 radical (unpaired) electrons. The molecule has 0 atom stereocenters. The van der Waals surface area contributed by atoms with E-state index >= 15 is 0 Å². The third-order valence-corrected chi connectivity index (χ3v) is 3.59. The molecule has 104 valence electrons. The lowest BCUT2D eigenvalue weighted by molar-refractivity contribution is 0.242. The topological polar surface area (TPSA) is 21.3 Å². The highest BCUT2D eigenvalue weighted by molar-refractivity contribution is 5.71. The number of hydrogen-bond acceptors (Lipinski definition) is 2. The zero-order valence-electron chi connectivity index (χ0n) is 12.1. The average molecular weight is 267 g/mol. The van der Waals surface area contributed by atoms with Crippen LogP contribution in [0.5, 0.6) is 5.75 Å². The van der Waals surface area contributed by atoms with Crippen LogP contribution in [-0.4, -0.2) is 12.6 Å². The van der Waals surface area contributed by atoms with Crippen LogP contribution >= 0.6 is 0 Å². The monoisotopic (exact) mass is 267 g/mol. The van der Waals surface area contributed by atoms with Crippen molar-refractivity contribution in [2.75, 3.05) is 11.9 Å². The molecule has 0 amide bonds. The second kappa shape index (κ2) is 5.58. The van der Waals surface area contributed by atoms with Gasteiger partial charge in [0, 0.05) is 12.2 Å². The van der Waals surface area contributed by atoms with Gasteiger partial charge in [0.05, 0.1) is 6.10 Å². The van der Waals surface area contributed by atoms with E-state index in [1.807, 2.05) is 6.07 Å². The quantitative estimate of drug-likeness (QED) is 0.884. The standard InChI is InChI=1S/C18H21NO/c1-13(2)20-17-7-3-5-15(11-17)16-9-8-14-6-4-10-19-18(14)12-16/h3,5,7-9,11-13,19H,4,6,10H2,1-2H3. The number of ether oxygens (including phenoxy) is 1. The van der Waals surface area contributed by atoms with E-state index in [2.05, 4.69) is 55.6 Å². The summed E-state index contributed by atoms with van der Waals surface area (Å²) in [5.41, 5.74) is 5.16. The number of anilines is 1. The van der Waals surface area contributed by atoms with E-state index in [0.29, 0.717) is 0 Å². The van der Waals surface area contributed by atoms with Crippen molar-refractivity contribution in [1.29, 1.82) is 0 Å². The van der Waals surface area contributed by atoms with Crippen LogP contribution in [0.15, 0.2) is 42.5 Å². The van der Waals surface area contributed by atoms with Gasteiger partial charge in [-0.3, -0.25) is 0 Å². The number of nitrogens with one attached hydrogen (secondary N) is 1. The first kappa shape index (κ1) is 13.0. The number of aryl methyl sites for hydroxylation is 1. The van der Waals surface area contributed by atoms with Crippen LogP contribution in [0.3, 0.4) is 0 Å². The second-order valence-electron chi connectivity index (χ2n) is 5.60. The molecule has 1 aliphatic heterocycles. The molecule has 0 aromatic heterocycles. The number of rotatable bonds is 3. The fourth-order valence-corrected chi connectivity index (χ4v) is 2.66. The maximum absolute atomic E-state index is 5.77. The maximum atomic E-state index is 5.77. The van der Waals surface area contributed by atoms with Crippen LogP contribution in [0.4, 0.5) is 5.69 Å². The molecule has 0 saturated heterocycles. The van der Waals surface area contributed by atoms with Crippen LogP contribution in [0, 0.1) is 0 Å². The Bertz CT molecular complexity index is 604. The third kappa shape index (κ3) is 2.79. The van der Waals surface area contributed by atoms with Crippen molar-refractivity contribution >= 4 is 5.69 Å². The van der Waals surface area contributed by atoms with Crippen LogP contribution in [0.1, 0.15) is 25.8 Å². The molecule has 20 heavy (non-hydrogen) atoms. The molecule has 0 fully saturated rings. The van der Waals surface area contributed by atoms with Crippen LogP contribution in [0.25, 0.3) is 11.1 Å². The predicted octanol–water partition coefficient (Wildman–Crippen LogP) is 4.50. The highest BCUT2D eigenvalue weighted by atomic mass is 16.5. The minimum absolute atomic E-state index is 0.204. The van der Waals surface area contributed by atoms with Gasteiger partial charge in [-0.2, -0.15) is 0 Å². The Labute approximate surface area is 120 Å². The van der Waals surface area contributed by atoms with Crippen molar-refractivity contribution < 1.29 is 4.74 Å².